The summed E-state index contributed by atoms with van der Waals surface area (Å²) < 4.78 is 5.29. The van der Waals surface area contributed by atoms with Crippen molar-refractivity contribution in [3.63, 3.8) is 0 Å². The lowest BCUT2D eigenvalue weighted by molar-refractivity contribution is -0.121. The molecule has 1 aromatic carbocycles. The number of fused-ring (bicyclic) bond motifs is 1. The molecule has 0 bridgehead atoms. The Morgan fingerprint density at radius 2 is 2.19 bits per heavy atom. The average Bonchev–Trinajstić information content (AvgIpc) is 2.84. The third kappa shape index (κ3) is 3.09. The number of carbonyl (C=O) groups excluding carboxylic acids is 1. The van der Waals surface area contributed by atoms with E-state index in [1.165, 1.54) is 19.3 Å². The van der Waals surface area contributed by atoms with Gasteiger partial charge in [0.25, 0.3) is 0 Å². The van der Waals surface area contributed by atoms with Gasteiger partial charge in [-0.25, -0.2) is 0 Å². The normalized spacial score (nSPS) is 22.4. The second-order valence-corrected chi connectivity index (χ2v) is 6.24. The first-order chi connectivity index (χ1) is 10.1. The van der Waals surface area contributed by atoms with E-state index in [1.807, 2.05) is 25.1 Å². The fraction of sp³-hybridized carbons (Fsp3) is 0.529. The smallest absolute Gasteiger partial charge is 0.226 e. The predicted molar refractivity (Wildman–Crippen MR) is 82.0 cm³/mol. The predicted octanol–water partition coefficient (Wildman–Crippen LogP) is 3.37. The Morgan fingerprint density at radius 3 is 3.00 bits per heavy atom. The lowest BCUT2D eigenvalue weighted by atomic mass is 9.86. The minimum Gasteiger partial charge on any atom is -0.356 e. The maximum Gasteiger partial charge on any atom is 0.226 e. The number of hydrogen-bond donors (Lipinski definition) is 1. The van der Waals surface area contributed by atoms with Crippen LogP contribution < -0.4 is 5.32 Å². The van der Waals surface area contributed by atoms with Gasteiger partial charge in [-0.1, -0.05) is 36.6 Å². The zero-order valence-electron chi connectivity index (χ0n) is 12.7. The highest BCUT2D eigenvalue weighted by Gasteiger charge is 2.23. The number of aromatic nitrogens is 1. The van der Waals surface area contributed by atoms with Gasteiger partial charge >= 0.3 is 0 Å². The van der Waals surface area contributed by atoms with E-state index in [9.17, 15) is 4.79 Å². The lowest BCUT2D eigenvalue weighted by Gasteiger charge is -2.29. The second kappa shape index (κ2) is 5.88. The van der Waals surface area contributed by atoms with Crippen molar-refractivity contribution in [3.8, 4) is 0 Å². The fourth-order valence-corrected chi connectivity index (χ4v) is 3.17. The quantitative estimate of drug-likeness (QED) is 0.941. The number of benzene rings is 1. The molecule has 1 N–H and O–H groups in total. The van der Waals surface area contributed by atoms with Crippen molar-refractivity contribution in [3.05, 3.63) is 29.5 Å². The molecule has 4 nitrogen and oxygen atoms in total. The van der Waals surface area contributed by atoms with Gasteiger partial charge in [0.1, 0.15) is 5.69 Å². The highest BCUT2D eigenvalue weighted by Crippen LogP contribution is 2.24. The van der Waals surface area contributed by atoms with Crippen molar-refractivity contribution in [1.82, 2.24) is 10.5 Å². The molecule has 0 radical (unpaired) electrons. The topological polar surface area (TPSA) is 55.1 Å². The molecule has 0 saturated heterocycles. The van der Waals surface area contributed by atoms with Gasteiger partial charge in [0.2, 0.25) is 5.91 Å². The maximum absolute atomic E-state index is 12.3. The van der Waals surface area contributed by atoms with Gasteiger partial charge in [-0.05, 0) is 37.8 Å². The summed E-state index contributed by atoms with van der Waals surface area (Å²) in [6.45, 7) is 4.25. The monoisotopic (exact) mass is 286 g/mol. The molecule has 1 heterocycles. The summed E-state index contributed by atoms with van der Waals surface area (Å²) in [4.78, 5) is 12.3. The number of nitrogens with one attached hydrogen (secondary N) is 1. The number of nitrogens with zero attached hydrogens (tertiary/aromatic N) is 1. The first-order valence-corrected chi connectivity index (χ1v) is 7.78. The van der Waals surface area contributed by atoms with Crippen molar-refractivity contribution in [2.75, 3.05) is 0 Å². The van der Waals surface area contributed by atoms with Gasteiger partial charge in [-0.3, -0.25) is 4.79 Å². The van der Waals surface area contributed by atoms with Crippen molar-refractivity contribution in [2.24, 2.45) is 5.92 Å². The minimum absolute atomic E-state index is 0.0467. The molecule has 1 amide bonds. The van der Waals surface area contributed by atoms with Crippen molar-refractivity contribution in [2.45, 2.75) is 52.0 Å². The van der Waals surface area contributed by atoms with Gasteiger partial charge in [0.05, 0.1) is 6.42 Å². The van der Waals surface area contributed by atoms with E-state index in [2.05, 4.69) is 17.4 Å². The Hall–Kier alpha value is -1.84. The van der Waals surface area contributed by atoms with Crippen LogP contribution in [0.1, 0.15) is 43.9 Å². The first kappa shape index (κ1) is 14.1. The molecule has 0 spiro atoms. The van der Waals surface area contributed by atoms with Gasteiger partial charge in [0, 0.05) is 11.4 Å². The van der Waals surface area contributed by atoms with Crippen LogP contribution in [0.15, 0.2) is 22.7 Å². The summed E-state index contributed by atoms with van der Waals surface area (Å²) in [5.41, 5.74) is 2.62. The zero-order chi connectivity index (χ0) is 14.8. The van der Waals surface area contributed by atoms with E-state index in [1.54, 1.807) is 0 Å². The van der Waals surface area contributed by atoms with E-state index in [0.29, 0.717) is 18.4 Å². The number of rotatable bonds is 3. The van der Waals surface area contributed by atoms with Gasteiger partial charge in [-0.15, -0.1) is 0 Å². The van der Waals surface area contributed by atoms with Crippen molar-refractivity contribution >= 4 is 16.9 Å². The van der Waals surface area contributed by atoms with E-state index in [4.69, 9.17) is 4.52 Å². The third-order valence-electron chi connectivity index (χ3n) is 4.49. The average molecular weight is 286 g/mol. The zero-order valence-corrected chi connectivity index (χ0v) is 12.7. The van der Waals surface area contributed by atoms with Crippen LogP contribution in [-0.4, -0.2) is 17.1 Å². The Morgan fingerprint density at radius 1 is 1.38 bits per heavy atom. The molecule has 3 rings (SSSR count). The molecule has 2 atom stereocenters. The maximum atomic E-state index is 12.3. The van der Waals surface area contributed by atoms with E-state index in [-0.39, 0.29) is 5.91 Å². The summed E-state index contributed by atoms with van der Waals surface area (Å²) in [5, 5.41) is 8.16. The standard InChI is InChI=1S/C17H22N2O2/c1-11-7-8-16-13(9-11)15(19-21-16)10-17(20)18-14-6-4-3-5-12(14)2/h7-9,12,14H,3-6,10H2,1-2H3,(H,18,20)/t12-,14+/m1/s1. The summed E-state index contributed by atoms with van der Waals surface area (Å²) in [7, 11) is 0. The van der Waals surface area contributed by atoms with Crippen LogP contribution in [0, 0.1) is 12.8 Å². The van der Waals surface area contributed by atoms with Crippen LogP contribution >= 0.6 is 0 Å². The minimum atomic E-state index is 0.0467. The molecule has 1 aromatic heterocycles. The second-order valence-electron chi connectivity index (χ2n) is 6.24. The molecular formula is C17H22N2O2. The fourth-order valence-electron chi connectivity index (χ4n) is 3.17. The van der Waals surface area contributed by atoms with Crippen LogP contribution in [0.4, 0.5) is 0 Å². The number of carbonyl (C=O) groups is 1. The number of hydrogen-bond acceptors (Lipinski definition) is 3. The Labute approximate surface area is 124 Å². The highest BCUT2D eigenvalue weighted by atomic mass is 16.5. The largest absolute Gasteiger partial charge is 0.356 e. The molecule has 1 fully saturated rings. The van der Waals surface area contributed by atoms with Crippen LogP contribution in [0.2, 0.25) is 0 Å². The Kier molecular flexibility index (Phi) is 3.95. The highest BCUT2D eigenvalue weighted by molar-refractivity contribution is 5.86. The SMILES string of the molecule is Cc1ccc2onc(CC(=O)N[C@H]3CCCC[C@H]3C)c2c1. The van der Waals surface area contributed by atoms with Crippen molar-refractivity contribution < 1.29 is 9.32 Å². The molecule has 1 aliphatic carbocycles. The van der Waals surface area contributed by atoms with Crippen molar-refractivity contribution in [1.29, 1.82) is 0 Å². The number of aryl methyl sites for hydroxylation is 1. The molecule has 1 saturated carbocycles. The molecule has 1 aliphatic rings. The first-order valence-electron chi connectivity index (χ1n) is 7.78. The van der Waals surface area contributed by atoms with Gasteiger partial charge in [-0.2, -0.15) is 0 Å². The summed E-state index contributed by atoms with van der Waals surface area (Å²) in [6.07, 6.45) is 5.07. The van der Waals surface area contributed by atoms with Crippen LogP contribution in [-0.2, 0) is 11.2 Å². The molecule has 2 aromatic rings. The molecule has 112 valence electrons. The Bertz CT molecular complexity index is 647. The van der Waals surface area contributed by atoms with Gasteiger partial charge < -0.3 is 9.84 Å². The van der Waals surface area contributed by atoms with Crippen LogP contribution in [0.5, 0.6) is 0 Å². The molecule has 4 heteroatoms. The molecule has 0 unspecified atom stereocenters. The summed E-state index contributed by atoms with van der Waals surface area (Å²) in [5.74, 6) is 0.615. The summed E-state index contributed by atoms with van der Waals surface area (Å²) >= 11 is 0. The van der Waals surface area contributed by atoms with E-state index in [0.717, 1.165) is 28.6 Å². The third-order valence-corrected chi connectivity index (χ3v) is 4.49. The summed E-state index contributed by atoms with van der Waals surface area (Å²) in [6, 6.07) is 6.23. The molecule has 0 aliphatic heterocycles. The lowest BCUT2D eigenvalue weighted by Crippen LogP contribution is -2.41. The molecular weight excluding hydrogens is 264 g/mol. The van der Waals surface area contributed by atoms with Gasteiger partial charge in [0.15, 0.2) is 5.58 Å². The number of amides is 1. The Balaban J connectivity index is 1.70. The van der Waals surface area contributed by atoms with Crippen LogP contribution in [0.3, 0.4) is 0 Å². The van der Waals surface area contributed by atoms with E-state index >= 15 is 0 Å². The molecule has 21 heavy (non-hydrogen) atoms. The van der Waals surface area contributed by atoms with E-state index < -0.39 is 0 Å². The van der Waals surface area contributed by atoms with Crippen LogP contribution in [0.25, 0.3) is 11.0 Å².